The summed E-state index contributed by atoms with van der Waals surface area (Å²) < 4.78 is 13.8. The van der Waals surface area contributed by atoms with E-state index in [1.54, 1.807) is 19.2 Å². The molecule has 20 heavy (non-hydrogen) atoms. The minimum Gasteiger partial charge on any atom is -0.481 e. The zero-order valence-electron chi connectivity index (χ0n) is 10.9. The van der Waals surface area contributed by atoms with E-state index in [9.17, 15) is 14.0 Å². The van der Waals surface area contributed by atoms with E-state index in [1.165, 1.54) is 28.4 Å². The van der Waals surface area contributed by atoms with Gasteiger partial charge >= 0.3 is 5.97 Å². The summed E-state index contributed by atoms with van der Waals surface area (Å²) in [5.41, 5.74) is 0. The van der Waals surface area contributed by atoms with Gasteiger partial charge in [0.15, 0.2) is 0 Å². The van der Waals surface area contributed by atoms with Gasteiger partial charge in [-0.2, -0.15) is 0 Å². The number of aliphatic carboxylic acids is 1. The summed E-state index contributed by atoms with van der Waals surface area (Å²) in [6.45, 7) is 0.383. The molecule has 0 aliphatic carbocycles. The highest BCUT2D eigenvalue weighted by molar-refractivity contribution is 7.20. The number of fused-ring (bicyclic) bond motifs is 1. The quantitative estimate of drug-likeness (QED) is 0.922. The van der Waals surface area contributed by atoms with Gasteiger partial charge in [-0.3, -0.25) is 9.59 Å². The first-order chi connectivity index (χ1) is 9.47. The lowest BCUT2D eigenvalue weighted by Crippen LogP contribution is -2.27. The molecule has 0 spiro atoms. The predicted octanol–water partition coefficient (Wildman–Crippen LogP) is 2.98. The number of thiophene rings is 1. The van der Waals surface area contributed by atoms with E-state index in [-0.39, 0.29) is 18.1 Å². The van der Waals surface area contributed by atoms with Crippen molar-refractivity contribution in [3.63, 3.8) is 0 Å². The number of halogens is 1. The molecule has 1 aromatic carbocycles. The molecule has 2 rings (SSSR count). The number of rotatable bonds is 5. The molecule has 1 amide bonds. The van der Waals surface area contributed by atoms with Crippen LogP contribution in [-0.2, 0) is 4.79 Å². The van der Waals surface area contributed by atoms with Crippen molar-refractivity contribution in [2.45, 2.75) is 12.8 Å². The first kappa shape index (κ1) is 14.5. The van der Waals surface area contributed by atoms with Crippen molar-refractivity contribution in [1.29, 1.82) is 0 Å². The normalized spacial score (nSPS) is 10.7. The number of hydrogen-bond donors (Lipinski definition) is 1. The lowest BCUT2D eigenvalue weighted by atomic mass is 10.2. The van der Waals surface area contributed by atoms with Gasteiger partial charge in [0.2, 0.25) is 0 Å². The Hall–Kier alpha value is -1.95. The zero-order valence-corrected chi connectivity index (χ0v) is 11.7. The second-order valence-electron chi connectivity index (χ2n) is 4.52. The summed E-state index contributed by atoms with van der Waals surface area (Å²) in [6.07, 6.45) is 0.451. The van der Waals surface area contributed by atoms with Crippen LogP contribution in [0.1, 0.15) is 22.5 Å². The second-order valence-corrected chi connectivity index (χ2v) is 5.60. The topological polar surface area (TPSA) is 57.6 Å². The van der Waals surface area contributed by atoms with Gasteiger partial charge in [-0.1, -0.05) is 6.07 Å². The molecule has 0 atom stereocenters. The van der Waals surface area contributed by atoms with Crippen molar-refractivity contribution >= 4 is 33.3 Å². The summed E-state index contributed by atoms with van der Waals surface area (Å²) in [7, 11) is 1.63. The number of nitrogens with zero attached hydrogens (tertiary/aromatic N) is 1. The van der Waals surface area contributed by atoms with E-state index in [4.69, 9.17) is 5.11 Å². The third kappa shape index (κ3) is 3.33. The lowest BCUT2D eigenvalue weighted by molar-refractivity contribution is -0.137. The third-order valence-electron chi connectivity index (χ3n) is 2.92. The van der Waals surface area contributed by atoms with Crippen molar-refractivity contribution < 1.29 is 19.1 Å². The second kappa shape index (κ2) is 6.00. The van der Waals surface area contributed by atoms with Gasteiger partial charge in [-0.25, -0.2) is 4.39 Å². The zero-order chi connectivity index (χ0) is 14.7. The molecule has 1 N–H and O–H groups in total. The minimum absolute atomic E-state index is 0.0370. The van der Waals surface area contributed by atoms with Crippen molar-refractivity contribution in [2.75, 3.05) is 13.6 Å². The van der Waals surface area contributed by atoms with Gasteiger partial charge in [-0.05, 0) is 30.0 Å². The molecule has 0 bridgehead atoms. The number of amides is 1. The maximum absolute atomic E-state index is 13.1. The fraction of sp³-hybridized carbons (Fsp3) is 0.286. The first-order valence-corrected chi connectivity index (χ1v) is 6.95. The van der Waals surface area contributed by atoms with Crippen LogP contribution in [0.2, 0.25) is 0 Å². The average Bonchev–Trinajstić information content (AvgIpc) is 2.80. The summed E-state index contributed by atoms with van der Waals surface area (Å²) in [5, 5.41) is 9.40. The molecule has 1 aromatic heterocycles. The van der Waals surface area contributed by atoms with Crippen LogP contribution in [0.25, 0.3) is 10.1 Å². The molecule has 6 heteroatoms. The van der Waals surface area contributed by atoms with Crippen molar-refractivity contribution in [1.82, 2.24) is 4.90 Å². The van der Waals surface area contributed by atoms with Crippen LogP contribution in [0.4, 0.5) is 4.39 Å². The molecule has 2 aromatic rings. The van der Waals surface area contributed by atoms with E-state index in [2.05, 4.69) is 0 Å². The average molecular weight is 295 g/mol. The van der Waals surface area contributed by atoms with Crippen LogP contribution in [0, 0.1) is 5.82 Å². The number of carbonyl (C=O) groups excluding carboxylic acids is 1. The number of benzene rings is 1. The minimum atomic E-state index is -0.872. The molecule has 0 saturated carbocycles. The van der Waals surface area contributed by atoms with E-state index >= 15 is 0 Å². The number of hydrogen-bond acceptors (Lipinski definition) is 3. The fourth-order valence-corrected chi connectivity index (χ4v) is 2.95. The van der Waals surface area contributed by atoms with Crippen LogP contribution < -0.4 is 0 Å². The molecule has 0 unspecified atom stereocenters. The molecule has 4 nitrogen and oxygen atoms in total. The number of carboxylic acid groups (broad SMARTS) is 1. The maximum Gasteiger partial charge on any atom is 0.303 e. The van der Waals surface area contributed by atoms with Gasteiger partial charge < -0.3 is 10.0 Å². The van der Waals surface area contributed by atoms with E-state index in [0.29, 0.717) is 17.8 Å². The first-order valence-electron chi connectivity index (χ1n) is 6.14. The van der Waals surface area contributed by atoms with Crippen LogP contribution >= 0.6 is 11.3 Å². The number of carboxylic acids is 1. The summed E-state index contributed by atoms with van der Waals surface area (Å²) in [6, 6.07) is 6.14. The van der Waals surface area contributed by atoms with Gasteiger partial charge in [0.05, 0.1) is 4.88 Å². The Bertz CT molecular complexity index is 653. The summed E-state index contributed by atoms with van der Waals surface area (Å²) >= 11 is 1.24. The van der Waals surface area contributed by atoms with Crippen LogP contribution in [-0.4, -0.2) is 35.5 Å². The monoisotopic (exact) mass is 295 g/mol. The van der Waals surface area contributed by atoms with Crippen molar-refractivity contribution in [3.05, 3.63) is 35.0 Å². The van der Waals surface area contributed by atoms with Crippen LogP contribution in [0.5, 0.6) is 0 Å². The molecular formula is C14H14FNO3S. The number of carbonyl (C=O) groups is 2. The van der Waals surface area contributed by atoms with Crippen molar-refractivity contribution in [2.24, 2.45) is 0 Å². The Kier molecular flexibility index (Phi) is 4.34. The Morgan fingerprint density at radius 1 is 1.35 bits per heavy atom. The highest BCUT2D eigenvalue weighted by Crippen LogP contribution is 2.27. The maximum atomic E-state index is 13.1. The van der Waals surface area contributed by atoms with Gasteiger partial charge in [-0.15, -0.1) is 11.3 Å². The molecule has 1 heterocycles. The van der Waals surface area contributed by atoms with Gasteiger partial charge in [0, 0.05) is 24.7 Å². The van der Waals surface area contributed by atoms with E-state index < -0.39 is 5.97 Å². The Balaban J connectivity index is 2.08. The molecule has 0 aliphatic rings. The Morgan fingerprint density at radius 2 is 2.10 bits per heavy atom. The Morgan fingerprint density at radius 3 is 2.80 bits per heavy atom. The Labute approximate surface area is 119 Å². The van der Waals surface area contributed by atoms with Crippen LogP contribution in [0.3, 0.4) is 0 Å². The molecule has 106 valence electrons. The highest BCUT2D eigenvalue weighted by atomic mass is 32.1. The van der Waals surface area contributed by atoms with Crippen LogP contribution in [0.15, 0.2) is 24.3 Å². The fourth-order valence-electron chi connectivity index (χ4n) is 1.87. The largest absolute Gasteiger partial charge is 0.481 e. The van der Waals surface area contributed by atoms with Gasteiger partial charge in [0.1, 0.15) is 5.82 Å². The molecular weight excluding hydrogens is 281 g/mol. The molecule has 0 fully saturated rings. The lowest BCUT2D eigenvalue weighted by Gasteiger charge is -2.15. The van der Waals surface area contributed by atoms with Crippen molar-refractivity contribution in [3.8, 4) is 0 Å². The smallest absolute Gasteiger partial charge is 0.303 e. The molecule has 0 radical (unpaired) electrons. The summed E-state index contributed by atoms with van der Waals surface area (Å²) in [4.78, 5) is 24.6. The standard InChI is InChI=1S/C14H14FNO3S/c1-16(6-2-3-13(17)18)14(19)12-7-9-4-5-10(15)8-11(9)20-12/h4-5,7-8H,2-3,6H2,1H3,(H,17,18). The SMILES string of the molecule is CN(CCCC(=O)O)C(=O)c1cc2ccc(F)cc2s1. The molecule has 0 saturated heterocycles. The predicted molar refractivity (Wildman–Crippen MR) is 75.6 cm³/mol. The van der Waals surface area contributed by atoms with E-state index in [0.717, 1.165) is 10.1 Å². The van der Waals surface area contributed by atoms with E-state index in [1.807, 2.05) is 0 Å². The molecule has 0 aliphatic heterocycles. The van der Waals surface area contributed by atoms with Gasteiger partial charge in [0.25, 0.3) is 5.91 Å². The third-order valence-corrected chi connectivity index (χ3v) is 4.01. The highest BCUT2D eigenvalue weighted by Gasteiger charge is 2.15. The summed E-state index contributed by atoms with van der Waals surface area (Å²) in [5.74, 6) is -1.37.